The lowest BCUT2D eigenvalue weighted by Gasteiger charge is -2.17. The highest BCUT2D eigenvalue weighted by molar-refractivity contribution is 9.10. The third-order valence-electron chi connectivity index (χ3n) is 2.75. The summed E-state index contributed by atoms with van der Waals surface area (Å²) in [5, 5.41) is 9.67. The number of carboxylic acids is 1. The predicted molar refractivity (Wildman–Crippen MR) is 72.3 cm³/mol. The number of nitrogens with zero attached hydrogens (tertiary/aromatic N) is 1. The molecule has 1 aromatic rings. The summed E-state index contributed by atoms with van der Waals surface area (Å²) in [6.45, 7) is 0.141. The number of carboxylic acid groups (broad SMARTS) is 1. The number of carbonyl (C=O) groups excluding carboxylic acids is 1. The molecule has 1 fully saturated rings. The van der Waals surface area contributed by atoms with Crippen molar-refractivity contribution in [1.82, 2.24) is 0 Å². The Morgan fingerprint density at radius 2 is 1.94 bits per heavy atom. The van der Waals surface area contributed by atoms with Crippen molar-refractivity contribution in [2.24, 2.45) is 5.92 Å². The highest BCUT2D eigenvalue weighted by atomic mass is 79.9. The van der Waals surface area contributed by atoms with E-state index in [0.717, 1.165) is 0 Å². The van der Waals surface area contributed by atoms with Crippen LogP contribution in [0.4, 0.5) is 5.69 Å². The highest BCUT2D eigenvalue weighted by Gasteiger charge is 2.35. The summed E-state index contributed by atoms with van der Waals surface area (Å²) < 4.78 is 0.552. The quantitative estimate of drug-likeness (QED) is 0.831. The average molecular weight is 353 g/mol. The van der Waals surface area contributed by atoms with E-state index in [0.29, 0.717) is 20.2 Å². The molecule has 1 N–H and O–H groups in total. The number of rotatable bonds is 2. The molecule has 1 aliphatic heterocycles. The van der Waals surface area contributed by atoms with Gasteiger partial charge in [-0.25, -0.2) is 0 Å². The van der Waals surface area contributed by atoms with E-state index >= 15 is 0 Å². The molecule has 1 heterocycles. The van der Waals surface area contributed by atoms with Crippen LogP contribution in [-0.4, -0.2) is 23.5 Å². The van der Waals surface area contributed by atoms with E-state index in [1.807, 2.05) is 0 Å². The fourth-order valence-corrected chi connectivity index (χ4v) is 2.52. The molecule has 1 aliphatic rings. The molecule has 18 heavy (non-hydrogen) atoms. The van der Waals surface area contributed by atoms with Gasteiger partial charge in [-0.15, -0.1) is 0 Å². The number of benzene rings is 1. The zero-order chi connectivity index (χ0) is 13.4. The lowest BCUT2D eigenvalue weighted by Crippen LogP contribution is -2.25. The maximum Gasteiger partial charge on any atom is 0.308 e. The van der Waals surface area contributed by atoms with Crippen molar-refractivity contribution in [2.75, 3.05) is 11.4 Å². The van der Waals surface area contributed by atoms with Crippen LogP contribution in [0.2, 0.25) is 10.0 Å². The Labute approximate surface area is 122 Å². The van der Waals surface area contributed by atoms with Crippen molar-refractivity contribution in [3.8, 4) is 0 Å². The zero-order valence-corrected chi connectivity index (χ0v) is 12.1. The maximum absolute atomic E-state index is 11.8. The molecule has 0 saturated carbocycles. The number of hydrogen-bond donors (Lipinski definition) is 1. The van der Waals surface area contributed by atoms with Crippen LogP contribution in [-0.2, 0) is 9.59 Å². The summed E-state index contributed by atoms with van der Waals surface area (Å²) in [6.07, 6.45) is 0.000630. The Morgan fingerprint density at radius 1 is 1.39 bits per heavy atom. The molecule has 2 rings (SSSR count). The summed E-state index contributed by atoms with van der Waals surface area (Å²) >= 11 is 15.1. The fourth-order valence-electron chi connectivity index (χ4n) is 1.82. The van der Waals surface area contributed by atoms with E-state index in [-0.39, 0.29) is 18.9 Å². The van der Waals surface area contributed by atoms with Gasteiger partial charge in [0.05, 0.1) is 20.4 Å². The molecule has 0 radical (unpaired) electrons. The van der Waals surface area contributed by atoms with Gasteiger partial charge in [0.15, 0.2) is 0 Å². The van der Waals surface area contributed by atoms with Crippen LogP contribution >= 0.6 is 39.1 Å². The van der Waals surface area contributed by atoms with Gasteiger partial charge in [0.1, 0.15) is 0 Å². The minimum absolute atomic E-state index is 0.000630. The molecule has 96 valence electrons. The third kappa shape index (κ3) is 2.48. The second-order valence-electron chi connectivity index (χ2n) is 3.97. The Kier molecular flexibility index (Phi) is 3.84. The number of anilines is 1. The molecule has 4 nitrogen and oxygen atoms in total. The number of amides is 1. The number of halogens is 3. The van der Waals surface area contributed by atoms with E-state index in [4.69, 9.17) is 28.3 Å². The third-order valence-corrected chi connectivity index (χ3v) is 4.66. The van der Waals surface area contributed by atoms with Crippen molar-refractivity contribution in [3.63, 3.8) is 0 Å². The van der Waals surface area contributed by atoms with Crippen LogP contribution in [0.3, 0.4) is 0 Å². The molecule has 1 amide bonds. The Balaban J connectivity index is 2.33. The Bertz CT molecular complexity index is 512. The predicted octanol–water partition coefficient (Wildman–Crippen LogP) is 3.19. The molecular formula is C11H8BrCl2NO3. The lowest BCUT2D eigenvalue weighted by atomic mass is 10.1. The van der Waals surface area contributed by atoms with E-state index in [1.165, 1.54) is 4.90 Å². The lowest BCUT2D eigenvalue weighted by molar-refractivity contribution is -0.141. The monoisotopic (exact) mass is 351 g/mol. The first-order chi connectivity index (χ1) is 8.40. The summed E-state index contributed by atoms with van der Waals surface area (Å²) in [5.41, 5.74) is 0.516. The summed E-state index contributed by atoms with van der Waals surface area (Å²) in [5.74, 6) is -1.89. The summed E-state index contributed by atoms with van der Waals surface area (Å²) in [6, 6.07) is 3.17. The molecule has 7 heteroatoms. The second-order valence-corrected chi connectivity index (χ2v) is 5.57. The minimum Gasteiger partial charge on any atom is -0.481 e. The molecular weight excluding hydrogens is 345 g/mol. The van der Waals surface area contributed by atoms with Crippen LogP contribution < -0.4 is 4.90 Å². The summed E-state index contributed by atoms with van der Waals surface area (Å²) in [7, 11) is 0. The fraction of sp³-hybridized carbons (Fsp3) is 0.273. The SMILES string of the molecule is O=C(O)C1CC(=O)N(c2cc(Cl)c(Br)c(Cl)c2)C1. The van der Waals surface area contributed by atoms with Crippen LogP contribution in [0.1, 0.15) is 6.42 Å². The molecule has 0 aromatic heterocycles. The maximum atomic E-state index is 11.8. The number of hydrogen-bond acceptors (Lipinski definition) is 2. The van der Waals surface area contributed by atoms with Crippen LogP contribution in [0.25, 0.3) is 0 Å². The number of aliphatic carboxylic acids is 1. The van der Waals surface area contributed by atoms with E-state index in [9.17, 15) is 9.59 Å². The van der Waals surface area contributed by atoms with Gasteiger partial charge in [-0.2, -0.15) is 0 Å². The Morgan fingerprint density at radius 3 is 2.39 bits per heavy atom. The van der Waals surface area contributed by atoms with Crippen molar-refractivity contribution < 1.29 is 14.7 Å². The first kappa shape index (κ1) is 13.6. The van der Waals surface area contributed by atoms with Crippen LogP contribution in [0.15, 0.2) is 16.6 Å². The van der Waals surface area contributed by atoms with Gasteiger partial charge in [0.2, 0.25) is 5.91 Å². The Hall–Kier alpha value is -0.780. The van der Waals surface area contributed by atoms with Crippen molar-refractivity contribution in [2.45, 2.75) is 6.42 Å². The van der Waals surface area contributed by atoms with Crippen LogP contribution in [0.5, 0.6) is 0 Å². The largest absolute Gasteiger partial charge is 0.481 e. The zero-order valence-electron chi connectivity index (χ0n) is 8.99. The topological polar surface area (TPSA) is 57.6 Å². The van der Waals surface area contributed by atoms with Crippen molar-refractivity contribution in [3.05, 3.63) is 26.7 Å². The smallest absolute Gasteiger partial charge is 0.308 e. The van der Waals surface area contributed by atoms with Gasteiger partial charge in [-0.3, -0.25) is 9.59 Å². The minimum atomic E-state index is -0.972. The summed E-state index contributed by atoms with van der Waals surface area (Å²) in [4.78, 5) is 24.0. The molecule has 0 spiro atoms. The van der Waals surface area contributed by atoms with Crippen molar-refractivity contribution in [1.29, 1.82) is 0 Å². The van der Waals surface area contributed by atoms with Gasteiger partial charge in [0.25, 0.3) is 0 Å². The molecule has 1 atom stereocenters. The van der Waals surface area contributed by atoms with E-state index in [2.05, 4.69) is 15.9 Å². The molecule has 0 aliphatic carbocycles. The van der Waals surface area contributed by atoms with Gasteiger partial charge in [0, 0.05) is 18.7 Å². The van der Waals surface area contributed by atoms with Gasteiger partial charge < -0.3 is 10.0 Å². The molecule has 0 bridgehead atoms. The van der Waals surface area contributed by atoms with Gasteiger partial charge >= 0.3 is 5.97 Å². The normalized spacial score (nSPS) is 19.4. The standard InChI is InChI=1S/C11H8BrCl2NO3/c12-10-7(13)2-6(3-8(10)14)15-4-5(11(17)18)1-9(15)16/h2-3,5H,1,4H2,(H,17,18). The molecule has 1 unspecified atom stereocenters. The van der Waals surface area contributed by atoms with E-state index < -0.39 is 11.9 Å². The number of carbonyl (C=O) groups is 2. The first-order valence-electron chi connectivity index (χ1n) is 5.08. The molecule has 1 saturated heterocycles. The van der Waals surface area contributed by atoms with Gasteiger partial charge in [-0.05, 0) is 28.1 Å². The van der Waals surface area contributed by atoms with Crippen molar-refractivity contribution >= 4 is 56.7 Å². The van der Waals surface area contributed by atoms with Gasteiger partial charge in [-0.1, -0.05) is 23.2 Å². The average Bonchev–Trinajstić information content (AvgIpc) is 2.68. The second kappa shape index (κ2) is 5.07. The van der Waals surface area contributed by atoms with Crippen LogP contribution in [0, 0.1) is 5.92 Å². The van der Waals surface area contributed by atoms with E-state index in [1.54, 1.807) is 12.1 Å². The molecule has 1 aromatic carbocycles. The first-order valence-corrected chi connectivity index (χ1v) is 6.62. The highest BCUT2D eigenvalue weighted by Crippen LogP contribution is 2.36.